The Balaban J connectivity index is 1.65. The van der Waals surface area contributed by atoms with Gasteiger partial charge in [0.05, 0.1) is 0 Å². The molecule has 0 radical (unpaired) electrons. The molecule has 1 unspecified atom stereocenters. The monoisotopic (exact) mass is 478 g/mol. The largest absolute Gasteiger partial charge is 0.454 e. The number of ether oxygens (including phenoxy) is 1. The molecule has 1 aromatic carbocycles. The maximum atomic E-state index is 12.7. The summed E-state index contributed by atoms with van der Waals surface area (Å²) in [5.41, 5.74) is 5.11. The van der Waals surface area contributed by atoms with E-state index in [2.05, 4.69) is 37.4 Å². The summed E-state index contributed by atoms with van der Waals surface area (Å²) in [5.74, 6) is 1.05. The van der Waals surface area contributed by atoms with E-state index >= 15 is 0 Å². The van der Waals surface area contributed by atoms with Crippen LogP contribution in [0.1, 0.15) is 70.8 Å². The summed E-state index contributed by atoms with van der Waals surface area (Å²) < 4.78 is 5.44. The number of Topliss-reactive ketones (excluding diaryl/α,β-unsaturated/α-hetero) is 1. The highest BCUT2D eigenvalue weighted by Crippen LogP contribution is 2.65. The van der Waals surface area contributed by atoms with Gasteiger partial charge < -0.3 is 4.74 Å². The summed E-state index contributed by atoms with van der Waals surface area (Å²) in [6.45, 7) is 5.50. The number of allylic oxidation sites excluding steroid dienone is 2. The SMILES string of the molecule is CSc1ccc([C@H]2C[C@]3(C)[C@@H](C(C)=O)CC[C@H]3[C@@H]3CCC4=CC(=O)C(OC(C)=O)CC4=C32)cc1. The Labute approximate surface area is 206 Å². The van der Waals surface area contributed by atoms with Gasteiger partial charge in [0.2, 0.25) is 0 Å². The lowest BCUT2D eigenvalue weighted by Gasteiger charge is -2.52. The van der Waals surface area contributed by atoms with Crippen molar-refractivity contribution in [3.8, 4) is 0 Å². The molecule has 0 aliphatic heterocycles. The standard InChI is InChI=1S/C29H34O4S/c1-16(30)24-11-12-25-21-10-7-19-13-26(32)27(33-17(2)31)14-22(19)28(21)23(15-29(24,25)3)18-5-8-20(34-4)9-6-18/h5-6,8-9,13,21,23-25,27H,7,10-12,14-15H2,1-4H3/t21-,23+,24+,25-,27?,29+/m0/s1. The van der Waals surface area contributed by atoms with Crippen molar-refractivity contribution in [2.45, 2.75) is 76.2 Å². The first-order valence-corrected chi connectivity index (χ1v) is 13.7. The van der Waals surface area contributed by atoms with Gasteiger partial charge >= 0.3 is 5.97 Å². The lowest BCUT2D eigenvalue weighted by Crippen LogP contribution is -2.45. The van der Waals surface area contributed by atoms with Crippen molar-refractivity contribution < 1.29 is 19.1 Å². The predicted octanol–water partition coefficient (Wildman–Crippen LogP) is 6.05. The third kappa shape index (κ3) is 3.80. The van der Waals surface area contributed by atoms with E-state index in [4.69, 9.17) is 4.74 Å². The average Bonchev–Trinajstić information content (AvgIpc) is 3.16. The maximum absolute atomic E-state index is 12.7. The van der Waals surface area contributed by atoms with Crippen LogP contribution in [0.25, 0.3) is 0 Å². The van der Waals surface area contributed by atoms with E-state index in [0.717, 1.165) is 37.7 Å². The number of benzene rings is 1. The second-order valence-electron chi connectivity index (χ2n) is 10.8. The van der Waals surface area contributed by atoms with Gasteiger partial charge in [-0.05, 0) is 97.5 Å². The average molecular weight is 479 g/mol. The Morgan fingerprint density at radius 1 is 1.09 bits per heavy atom. The van der Waals surface area contributed by atoms with Crippen LogP contribution in [-0.2, 0) is 19.1 Å². The number of thioether (sulfide) groups is 1. The summed E-state index contributed by atoms with van der Waals surface area (Å²) in [7, 11) is 0. The number of hydrogen-bond acceptors (Lipinski definition) is 5. The van der Waals surface area contributed by atoms with Crippen molar-refractivity contribution in [2.75, 3.05) is 6.26 Å². The summed E-state index contributed by atoms with van der Waals surface area (Å²) in [5, 5.41) is 0. The summed E-state index contributed by atoms with van der Waals surface area (Å²) in [6.07, 6.45) is 8.53. The van der Waals surface area contributed by atoms with Crippen LogP contribution in [0.15, 0.2) is 52.0 Å². The number of esters is 1. The lowest BCUT2D eigenvalue weighted by atomic mass is 9.51. The molecule has 5 rings (SSSR count). The number of hydrogen-bond donors (Lipinski definition) is 0. The first-order chi connectivity index (χ1) is 16.2. The number of fused-ring (bicyclic) bond motifs is 4. The molecular weight excluding hydrogens is 444 g/mol. The van der Waals surface area contributed by atoms with Crippen molar-refractivity contribution >= 4 is 29.3 Å². The molecule has 4 nitrogen and oxygen atoms in total. The second-order valence-corrected chi connectivity index (χ2v) is 11.7. The highest BCUT2D eigenvalue weighted by molar-refractivity contribution is 7.98. The Morgan fingerprint density at radius 3 is 2.47 bits per heavy atom. The van der Waals surface area contributed by atoms with E-state index in [9.17, 15) is 14.4 Å². The van der Waals surface area contributed by atoms with Crippen LogP contribution in [0.4, 0.5) is 0 Å². The van der Waals surface area contributed by atoms with Gasteiger partial charge in [-0.2, -0.15) is 0 Å². The Kier molecular flexibility index (Phi) is 6.12. The fourth-order valence-corrected chi connectivity index (χ4v) is 8.15. The molecule has 0 N–H and O–H groups in total. The fourth-order valence-electron chi connectivity index (χ4n) is 7.74. The zero-order valence-corrected chi connectivity index (χ0v) is 21.4. The number of rotatable bonds is 4. The van der Waals surface area contributed by atoms with Crippen LogP contribution in [0.5, 0.6) is 0 Å². The van der Waals surface area contributed by atoms with Crippen molar-refractivity contribution in [3.63, 3.8) is 0 Å². The molecule has 4 aliphatic carbocycles. The summed E-state index contributed by atoms with van der Waals surface area (Å²) in [4.78, 5) is 38.3. The molecule has 180 valence electrons. The van der Waals surface area contributed by atoms with Gasteiger partial charge in [-0.15, -0.1) is 11.8 Å². The molecule has 0 bridgehead atoms. The molecule has 0 amide bonds. The Hall–Kier alpha value is -2.14. The molecule has 0 spiro atoms. The van der Waals surface area contributed by atoms with Gasteiger partial charge in [0.25, 0.3) is 0 Å². The molecule has 0 aromatic heterocycles. The molecule has 2 fully saturated rings. The van der Waals surface area contributed by atoms with Gasteiger partial charge in [-0.25, -0.2) is 0 Å². The topological polar surface area (TPSA) is 60.4 Å². The zero-order valence-electron chi connectivity index (χ0n) is 20.6. The van der Waals surface area contributed by atoms with Crippen LogP contribution in [0.2, 0.25) is 0 Å². The molecule has 2 saturated carbocycles. The highest BCUT2D eigenvalue weighted by Gasteiger charge is 2.57. The molecule has 0 heterocycles. The van der Waals surface area contributed by atoms with Gasteiger partial charge in [0.15, 0.2) is 11.9 Å². The maximum Gasteiger partial charge on any atom is 0.303 e. The number of carbonyl (C=O) groups is 3. The van der Waals surface area contributed by atoms with Crippen molar-refractivity contribution in [3.05, 3.63) is 52.6 Å². The van der Waals surface area contributed by atoms with E-state index in [1.54, 1.807) is 24.8 Å². The van der Waals surface area contributed by atoms with E-state index in [1.807, 2.05) is 0 Å². The first-order valence-electron chi connectivity index (χ1n) is 12.5. The van der Waals surface area contributed by atoms with Crippen LogP contribution in [0.3, 0.4) is 0 Å². The highest BCUT2D eigenvalue weighted by atomic mass is 32.2. The minimum absolute atomic E-state index is 0.00953. The molecule has 6 atom stereocenters. The predicted molar refractivity (Wildman–Crippen MR) is 134 cm³/mol. The number of carbonyl (C=O) groups excluding carboxylic acids is 3. The molecule has 0 saturated heterocycles. The fraction of sp³-hybridized carbons (Fsp3) is 0.552. The van der Waals surface area contributed by atoms with Gasteiger partial charge in [0, 0.05) is 30.1 Å². The summed E-state index contributed by atoms with van der Waals surface area (Å²) in [6, 6.07) is 8.88. The van der Waals surface area contributed by atoms with Crippen molar-refractivity contribution in [2.24, 2.45) is 23.2 Å². The molecule has 34 heavy (non-hydrogen) atoms. The van der Waals surface area contributed by atoms with E-state index in [1.165, 1.54) is 28.5 Å². The third-order valence-corrected chi connectivity index (χ3v) is 9.86. The minimum Gasteiger partial charge on any atom is -0.454 e. The quantitative estimate of drug-likeness (QED) is 0.389. The molecular formula is C29H34O4S. The normalized spacial score (nSPS) is 34.6. The Morgan fingerprint density at radius 2 is 1.82 bits per heavy atom. The van der Waals surface area contributed by atoms with Gasteiger partial charge in [-0.1, -0.05) is 24.6 Å². The zero-order chi connectivity index (χ0) is 24.2. The van der Waals surface area contributed by atoms with E-state index in [0.29, 0.717) is 24.0 Å². The third-order valence-electron chi connectivity index (χ3n) is 9.12. The number of ketones is 2. The molecule has 5 heteroatoms. The second kappa shape index (κ2) is 8.82. The summed E-state index contributed by atoms with van der Waals surface area (Å²) >= 11 is 1.74. The van der Waals surface area contributed by atoms with Gasteiger partial charge in [-0.3, -0.25) is 14.4 Å². The van der Waals surface area contributed by atoms with Crippen molar-refractivity contribution in [1.29, 1.82) is 0 Å². The minimum atomic E-state index is -0.719. The first kappa shape index (κ1) is 23.6. The van der Waals surface area contributed by atoms with Gasteiger partial charge in [0.1, 0.15) is 5.78 Å². The van der Waals surface area contributed by atoms with E-state index in [-0.39, 0.29) is 23.0 Å². The molecule has 1 aromatic rings. The smallest absolute Gasteiger partial charge is 0.303 e. The Bertz CT molecular complexity index is 1100. The van der Waals surface area contributed by atoms with Crippen LogP contribution < -0.4 is 0 Å². The van der Waals surface area contributed by atoms with Crippen LogP contribution in [-0.4, -0.2) is 29.9 Å². The lowest BCUT2D eigenvalue weighted by molar-refractivity contribution is -0.151. The van der Waals surface area contributed by atoms with Crippen molar-refractivity contribution in [1.82, 2.24) is 0 Å². The van der Waals surface area contributed by atoms with Crippen LogP contribution in [0, 0.1) is 23.2 Å². The molecule has 4 aliphatic rings. The van der Waals surface area contributed by atoms with E-state index < -0.39 is 12.1 Å². The van der Waals surface area contributed by atoms with Crippen LogP contribution >= 0.6 is 11.8 Å².